The number of hydrogen-bond donors (Lipinski definition) is 0. The highest BCUT2D eigenvalue weighted by molar-refractivity contribution is 5.78. The largest absolute Gasteiger partial charge is 0.324 e. The Morgan fingerprint density at radius 3 is 2.57 bits per heavy atom. The first-order chi connectivity index (χ1) is 11.3. The number of nitrogens with zero attached hydrogens (tertiary/aromatic N) is 2. The number of hydrogen-bond acceptors (Lipinski definition) is 2. The minimum absolute atomic E-state index is 0.0714. The summed E-state index contributed by atoms with van der Waals surface area (Å²) in [5.41, 5.74) is 3.62. The monoisotopic (exact) mass is 302 g/mol. The highest BCUT2D eigenvalue weighted by Gasteiger charge is 2.44. The van der Waals surface area contributed by atoms with Crippen LogP contribution in [-0.2, 0) is 12.0 Å². The molecule has 1 aliphatic heterocycles. The van der Waals surface area contributed by atoms with Gasteiger partial charge in [-0.15, -0.1) is 0 Å². The van der Waals surface area contributed by atoms with Crippen molar-refractivity contribution in [1.29, 1.82) is 0 Å². The van der Waals surface area contributed by atoms with Crippen molar-refractivity contribution < 1.29 is 0 Å². The molecular formula is C20H18N2O. The van der Waals surface area contributed by atoms with Crippen LogP contribution in [-0.4, -0.2) is 9.55 Å². The van der Waals surface area contributed by atoms with Crippen molar-refractivity contribution in [3.8, 4) is 0 Å². The smallest absolute Gasteiger partial charge is 0.280 e. The molecule has 23 heavy (non-hydrogen) atoms. The standard InChI is InChI=1S/C20H18N2O/c23-18-15-8-2-4-10-17(15)22-13-14-7-1-3-9-16(14)20(19(22)21-18)11-5-6-12-20/h1-4,7-10H,5-6,11-13H2. The fraction of sp³-hybridized carbons (Fsp3) is 0.300. The lowest BCUT2D eigenvalue weighted by atomic mass is 9.73. The maximum Gasteiger partial charge on any atom is 0.280 e. The summed E-state index contributed by atoms with van der Waals surface area (Å²) in [5.74, 6) is 0.984. The Morgan fingerprint density at radius 1 is 0.957 bits per heavy atom. The van der Waals surface area contributed by atoms with Crippen LogP contribution in [0.2, 0.25) is 0 Å². The molecule has 0 atom stereocenters. The average Bonchev–Trinajstić information content (AvgIpc) is 3.07. The summed E-state index contributed by atoms with van der Waals surface area (Å²) in [6.07, 6.45) is 4.59. The lowest BCUT2D eigenvalue weighted by Gasteiger charge is -2.38. The molecule has 2 aliphatic rings. The van der Waals surface area contributed by atoms with Crippen LogP contribution in [0.5, 0.6) is 0 Å². The van der Waals surface area contributed by atoms with Crippen molar-refractivity contribution >= 4 is 10.9 Å². The van der Waals surface area contributed by atoms with Gasteiger partial charge < -0.3 is 4.57 Å². The SMILES string of the molecule is O=c1nc2n(c3ccccc13)Cc1ccccc1C21CCCC1. The van der Waals surface area contributed by atoms with E-state index in [9.17, 15) is 4.79 Å². The molecule has 2 aromatic carbocycles. The zero-order valence-electron chi connectivity index (χ0n) is 13.0. The van der Waals surface area contributed by atoms with E-state index >= 15 is 0 Å². The lowest BCUT2D eigenvalue weighted by Crippen LogP contribution is -2.38. The Kier molecular flexibility index (Phi) is 2.58. The molecule has 3 nitrogen and oxygen atoms in total. The molecule has 0 bridgehead atoms. The van der Waals surface area contributed by atoms with Crippen LogP contribution in [0.4, 0.5) is 0 Å². The summed E-state index contributed by atoms with van der Waals surface area (Å²) in [5, 5.41) is 0.726. The molecule has 0 N–H and O–H groups in total. The van der Waals surface area contributed by atoms with Gasteiger partial charge in [-0.2, -0.15) is 4.98 Å². The molecule has 0 saturated heterocycles. The van der Waals surface area contributed by atoms with Gasteiger partial charge in [0.05, 0.1) is 16.3 Å². The van der Waals surface area contributed by atoms with Gasteiger partial charge in [-0.3, -0.25) is 4.79 Å². The minimum Gasteiger partial charge on any atom is -0.324 e. The molecule has 0 unspecified atom stereocenters. The van der Waals surface area contributed by atoms with Gasteiger partial charge in [-0.05, 0) is 36.1 Å². The lowest BCUT2D eigenvalue weighted by molar-refractivity contribution is 0.441. The van der Waals surface area contributed by atoms with E-state index in [2.05, 4.69) is 39.9 Å². The van der Waals surface area contributed by atoms with Gasteiger partial charge in [0.1, 0.15) is 5.82 Å². The second kappa shape index (κ2) is 4.54. The van der Waals surface area contributed by atoms with E-state index in [-0.39, 0.29) is 11.0 Å². The molecule has 1 spiro atoms. The number of rotatable bonds is 0. The Balaban J connectivity index is 1.92. The first kappa shape index (κ1) is 13.1. The topological polar surface area (TPSA) is 34.9 Å². The first-order valence-electron chi connectivity index (χ1n) is 8.38. The average molecular weight is 302 g/mol. The Bertz CT molecular complexity index is 980. The Morgan fingerprint density at radius 2 is 1.70 bits per heavy atom. The molecule has 1 fully saturated rings. The van der Waals surface area contributed by atoms with Crippen molar-refractivity contribution in [3.63, 3.8) is 0 Å². The molecule has 1 aliphatic carbocycles. The van der Waals surface area contributed by atoms with Crippen LogP contribution < -0.4 is 5.56 Å². The predicted octanol–water partition coefficient (Wildman–Crippen LogP) is 3.62. The third-order valence-corrected chi connectivity index (χ3v) is 5.63. The molecule has 1 saturated carbocycles. The quantitative estimate of drug-likeness (QED) is 0.636. The van der Waals surface area contributed by atoms with Gasteiger partial charge in [0, 0.05) is 6.54 Å². The zero-order chi connectivity index (χ0) is 15.4. The van der Waals surface area contributed by atoms with E-state index in [0.29, 0.717) is 0 Å². The van der Waals surface area contributed by atoms with Crippen molar-refractivity contribution in [2.24, 2.45) is 0 Å². The van der Waals surface area contributed by atoms with Crippen molar-refractivity contribution in [2.45, 2.75) is 37.6 Å². The van der Waals surface area contributed by atoms with Crippen LogP contribution >= 0.6 is 0 Å². The van der Waals surface area contributed by atoms with E-state index < -0.39 is 0 Å². The second-order valence-corrected chi connectivity index (χ2v) is 6.79. The fourth-order valence-corrected chi connectivity index (χ4v) is 4.63. The summed E-state index contributed by atoms with van der Waals surface area (Å²) in [6, 6.07) is 16.6. The van der Waals surface area contributed by atoms with E-state index in [1.54, 1.807) is 0 Å². The van der Waals surface area contributed by atoms with Crippen molar-refractivity contribution in [2.75, 3.05) is 0 Å². The molecule has 5 rings (SSSR count). The fourth-order valence-electron chi connectivity index (χ4n) is 4.63. The summed E-state index contributed by atoms with van der Waals surface area (Å²) < 4.78 is 2.28. The van der Waals surface area contributed by atoms with Gasteiger partial charge in [0.2, 0.25) is 0 Å². The number of benzene rings is 2. The normalized spacial score (nSPS) is 18.1. The van der Waals surface area contributed by atoms with Crippen LogP contribution in [0.1, 0.15) is 42.6 Å². The maximum absolute atomic E-state index is 12.6. The zero-order valence-corrected chi connectivity index (χ0v) is 13.0. The van der Waals surface area contributed by atoms with E-state index in [1.165, 1.54) is 24.0 Å². The molecular weight excluding hydrogens is 284 g/mol. The van der Waals surface area contributed by atoms with Crippen LogP contribution in [0.15, 0.2) is 53.3 Å². The number of aromatic nitrogens is 2. The Labute approximate surface area is 134 Å². The third-order valence-electron chi connectivity index (χ3n) is 5.63. The molecule has 3 aromatic rings. The maximum atomic E-state index is 12.6. The summed E-state index contributed by atoms with van der Waals surface area (Å²) >= 11 is 0. The Hall–Kier alpha value is -2.42. The molecule has 114 valence electrons. The van der Waals surface area contributed by atoms with Crippen molar-refractivity contribution in [1.82, 2.24) is 9.55 Å². The third kappa shape index (κ3) is 1.65. The van der Waals surface area contributed by atoms with Gasteiger partial charge in [-0.1, -0.05) is 49.2 Å². The van der Waals surface area contributed by atoms with Crippen molar-refractivity contribution in [3.05, 3.63) is 75.8 Å². The van der Waals surface area contributed by atoms with Gasteiger partial charge in [0.15, 0.2) is 0 Å². The second-order valence-electron chi connectivity index (χ2n) is 6.79. The molecule has 0 radical (unpaired) electrons. The van der Waals surface area contributed by atoms with E-state index in [4.69, 9.17) is 0 Å². The van der Waals surface area contributed by atoms with Gasteiger partial charge >= 0.3 is 0 Å². The first-order valence-corrected chi connectivity index (χ1v) is 8.38. The highest BCUT2D eigenvalue weighted by Crippen LogP contribution is 2.49. The highest BCUT2D eigenvalue weighted by atomic mass is 16.1. The van der Waals surface area contributed by atoms with Gasteiger partial charge in [0.25, 0.3) is 5.56 Å². The number of fused-ring (bicyclic) bond motifs is 6. The number of para-hydroxylation sites is 1. The van der Waals surface area contributed by atoms with E-state index in [0.717, 1.165) is 36.1 Å². The molecule has 1 aromatic heterocycles. The molecule has 3 heteroatoms. The summed E-state index contributed by atoms with van der Waals surface area (Å²) in [6.45, 7) is 0.807. The molecule has 2 heterocycles. The van der Waals surface area contributed by atoms with Crippen LogP contribution in [0.3, 0.4) is 0 Å². The summed E-state index contributed by atoms with van der Waals surface area (Å²) in [7, 11) is 0. The van der Waals surface area contributed by atoms with Crippen LogP contribution in [0.25, 0.3) is 10.9 Å². The van der Waals surface area contributed by atoms with Crippen LogP contribution in [0, 0.1) is 0 Å². The van der Waals surface area contributed by atoms with E-state index in [1.807, 2.05) is 18.2 Å². The summed E-state index contributed by atoms with van der Waals surface area (Å²) in [4.78, 5) is 17.2. The van der Waals surface area contributed by atoms with Gasteiger partial charge in [-0.25, -0.2) is 0 Å². The minimum atomic E-state index is -0.0856. The molecule has 0 amide bonds. The predicted molar refractivity (Wildman–Crippen MR) is 90.8 cm³/mol.